The average Bonchev–Trinajstić information content (AvgIpc) is 2.94. The second-order valence-corrected chi connectivity index (χ2v) is 6.07. The monoisotopic (exact) mass is 371 g/mol. The SMILES string of the molecule is CCn1c(=O)n(CCC(=O)NCCOc2cccc(F)c2)c2ccccc21. The lowest BCUT2D eigenvalue weighted by molar-refractivity contribution is -0.121. The van der Waals surface area contributed by atoms with Crippen molar-refractivity contribution in [1.29, 1.82) is 0 Å². The molecule has 0 saturated heterocycles. The fourth-order valence-corrected chi connectivity index (χ4v) is 3.01. The molecule has 0 fully saturated rings. The van der Waals surface area contributed by atoms with Gasteiger partial charge >= 0.3 is 5.69 Å². The molecule has 142 valence electrons. The first kappa shape index (κ1) is 18.7. The van der Waals surface area contributed by atoms with E-state index in [4.69, 9.17) is 4.74 Å². The molecule has 1 aromatic heterocycles. The van der Waals surface area contributed by atoms with Gasteiger partial charge in [0, 0.05) is 25.6 Å². The Hall–Kier alpha value is -3.09. The fourth-order valence-electron chi connectivity index (χ4n) is 3.01. The second-order valence-electron chi connectivity index (χ2n) is 6.07. The Bertz CT molecular complexity index is 994. The largest absolute Gasteiger partial charge is 0.492 e. The molecule has 0 aliphatic rings. The quantitative estimate of drug-likeness (QED) is 0.619. The van der Waals surface area contributed by atoms with Gasteiger partial charge in [0.15, 0.2) is 0 Å². The van der Waals surface area contributed by atoms with E-state index in [9.17, 15) is 14.0 Å². The molecule has 0 saturated carbocycles. The summed E-state index contributed by atoms with van der Waals surface area (Å²) in [5.41, 5.74) is 1.58. The standard InChI is InChI=1S/C20H22FN3O3/c1-2-23-17-8-3-4-9-18(17)24(20(23)26)12-10-19(25)22-11-13-27-16-7-5-6-15(21)14-16/h3-9,14H,2,10-13H2,1H3,(H,22,25). The fraction of sp³-hybridized carbons (Fsp3) is 0.300. The summed E-state index contributed by atoms with van der Waals surface area (Å²) in [4.78, 5) is 24.6. The van der Waals surface area contributed by atoms with E-state index in [0.717, 1.165) is 11.0 Å². The summed E-state index contributed by atoms with van der Waals surface area (Å²) < 4.78 is 21.8. The molecule has 0 bridgehead atoms. The van der Waals surface area contributed by atoms with Crippen molar-refractivity contribution in [3.05, 3.63) is 64.8 Å². The van der Waals surface area contributed by atoms with Crippen LogP contribution in [0.4, 0.5) is 4.39 Å². The molecule has 0 aliphatic carbocycles. The van der Waals surface area contributed by atoms with Crippen LogP contribution in [0.25, 0.3) is 11.0 Å². The molecule has 0 spiro atoms. The van der Waals surface area contributed by atoms with Crippen LogP contribution in [-0.2, 0) is 17.9 Å². The Labute approximate surface area is 156 Å². The number of amides is 1. The molecule has 7 heteroatoms. The molecule has 0 unspecified atom stereocenters. The van der Waals surface area contributed by atoms with Crippen molar-refractivity contribution in [3.8, 4) is 5.75 Å². The van der Waals surface area contributed by atoms with Gasteiger partial charge in [-0.15, -0.1) is 0 Å². The number of carbonyl (C=O) groups excluding carboxylic acids is 1. The molecule has 3 rings (SSSR count). The van der Waals surface area contributed by atoms with Gasteiger partial charge in [0.1, 0.15) is 18.2 Å². The Kier molecular flexibility index (Phi) is 5.90. The number of fused-ring (bicyclic) bond motifs is 1. The lowest BCUT2D eigenvalue weighted by Gasteiger charge is -2.08. The molecule has 0 aliphatic heterocycles. The number of nitrogens with one attached hydrogen (secondary N) is 1. The highest BCUT2D eigenvalue weighted by Crippen LogP contribution is 2.13. The van der Waals surface area contributed by atoms with Crippen LogP contribution in [0.3, 0.4) is 0 Å². The third-order valence-electron chi connectivity index (χ3n) is 4.29. The number of para-hydroxylation sites is 2. The van der Waals surface area contributed by atoms with E-state index >= 15 is 0 Å². The van der Waals surface area contributed by atoms with Crippen LogP contribution in [-0.4, -0.2) is 28.2 Å². The predicted molar refractivity (Wildman–Crippen MR) is 101 cm³/mol. The van der Waals surface area contributed by atoms with Crippen LogP contribution in [0.1, 0.15) is 13.3 Å². The number of hydrogen-bond acceptors (Lipinski definition) is 3. The molecule has 6 nitrogen and oxygen atoms in total. The minimum atomic E-state index is -0.367. The maximum Gasteiger partial charge on any atom is 0.329 e. The first-order valence-corrected chi connectivity index (χ1v) is 8.93. The van der Waals surface area contributed by atoms with Gasteiger partial charge in [-0.1, -0.05) is 18.2 Å². The number of hydrogen-bond donors (Lipinski definition) is 1. The summed E-state index contributed by atoms with van der Waals surface area (Å²) in [7, 11) is 0. The average molecular weight is 371 g/mol. The number of carbonyl (C=O) groups is 1. The molecule has 1 amide bonds. The number of aromatic nitrogens is 2. The highest BCUT2D eigenvalue weighted by atomic mass is 19.1. The first-order valence-electron chi connectivity index (χ1n) is 8.93. The third kappa shape index (κ3) is 4.36. The van der Waals surface area contributed by atoms with E-state index in [0.29, 0.717) is 25.4 Å². The van der Waals surface area contributed by atoms with Crippen LogP contribution in [0.15, 0.2) is 53.3 Å². The Balaban J connectivity index is 1.52. The van der Waals surface area contributed by atoms with Crippen LogP contribution in [0, 0.1) is 5.82 Å². The zero-order valence-electron chi connectivity index (χ0n) is 15.2. The smallest absolute Gasteiger partial charge is 0.329 e. The maximum absolute atomic E-state index is 13.1. The summed E-state index contributed by atoms with van der Waals surface area (Å²) in [5, 5.41) is 2.75. The van der Waals surface area contributed by atoms with Crippen LogP contribution >= 0.6 is 0 Å². The number of rotatable bonds is 8. The lowest BCUT2D eigenvalue weighted by atomic mass is 10.3. The summed E-state index contributed by atoms with van der Waals surface area (Å²) >= 11 is 0. The van der Waals surface area contributed by atoms with Gasteiger partial charge in [-0.05, 0) is 31.2 Å². The van der Waals surface area contributed by atoms with Gasteiger partial charge in [0.2, 0.25) is 5.91 Å². The van der Waals surface area contributed by atoms with E-state index < -0.39 is 0 Å². The number of nitrogens with zero attached hydrogens (tertiary/aromatic N) is 2. The van der Waals surface area contributed by atoms with Crippen molar-refractivity contribution in [1.82, 2.24) is 14.5 Å². The number of aryl methyl sites for hydroxylation is 2. The van der Waals surface area contributed by atoms with E-state index in [1.54, 1.807) is 21.3 Å². The summed E-state index contributed by atoms with van der Waals surface area (Å²) in [6.07, 6.45) is 0.192. The van der Waals surface area contributed by atoms with Crippen molar-refractivity contribution >= 4 is 16.9 Å². The molecule has 1 N–H and O–H groups in total. The molecule has 0 radical (unpaired) electrons. The third-order valence-corrected chi connectivity index (χ3v) is 4.29. The van der Waals surface area contributed by atoms with Gasteiger partial charge in [-0.3, -0.25) is 13.9 Å². The minimum absolute atomic E-state index is 0.110. The molecular formula is C20H22FN3O3. The van der Waals surface area contributed by atoms with Crippen molar-refractivity contribution < 1.29 is 13.9 Å². The highest BCUT2D eigenvalue weighted by Gasteiger charge is 2.12. The second kappa shape index (κ2) is 8.53. The van der Waals surface area contributed by atoms with Crippen molar-refractivity contribution in [2.45, 2.75) is 26.4 Å². The van der Waals surface area contributed by atoms with Crippen molar-refractivity contribution in [2.75, 3.05) is 13.2 Å². The van der Waals surface area contributed by atoms with Crippen LogP contribution < -0.4 is 15.7 Å². The predicted octanol–water partition coefficient (Wildman–Crippen LogP) is 2.55. The molecule has 1 heterocycles. The Morgan fingerprint density at radius 3 is 2.56 bits per heavy atom. The molecule has 0 atom stereocenters. The van der Waals surface area contributed by atoms with Crippen molar-refractivity contribution in [3.63, 3.8) is 0 Å². The molecule has 3 aromatic rings. The number of halogens is 1. The highest BCUT2D eigenvalue weighted by molar-refractivity contribution is 5.78. The van der Waals surface area contributed by atoms with Crippen molar-refractivity contribution in [2.24, 2.45) is 0 Å². The van der Waals surface area contributed by atoms with Crippen LogP contribution in [0.5, 0.6) is 5.75 Å². The normalized spacial score (nSPS) is 10.9. The van der Waals surface area contributed by atoms with Gasteiger partial charge in [0.25, 0.3) is 0 Å². The summed E-state index contributed by atoms with van der Waals surface area (Å²) in [6, 6.07) is 13.4. The maximum atomic E-state index is 13.1. The van der Waals surface area contributed by atoms with Crippen LogP contribution in [0.2, 0.25) is 0 Å². The number of ether oxygens (including phenoxy) is 1. The summed E-state index contributed by atoms with van der Waals surface area (Å²) in [5.74, 6) is -0.116. The van der Waals surface area contributed by atoms with Gasteiger partial charge in [-0.2, -0.15) is 0 Å². The zero-order valence-corrected chi connectivity index (χ0v) is 15.2. The minimum Gasteiger partial charge on any atom is -0.492 e. The lowest BCUT2D eigenvalue weighted by Crippen LogP contribution is -2.30. The zero-order chi connectivity index (χ0) is 19.2. The van der Waals surface area contributed by atoms with Gasteiger partial charge < -0.3 is 10.1 Å². The number of benzene rings is 2. The molecule has 27 heavy (non-hydrogen) atoms. The van der Waals surface area contributed by atoms with E-state index in [1.807, 2.05) is 31.2 Å². The topological polar surface area (TPSA) is 65.3 Å². The number of imidazole rings is 1. The van der Waals surface area contributed by atoms with E-state index in [-0.39, 0.29) is 30.4 Å². The Morgan fingerprint density at radius 2 is 1.85 bits per heavy atom. The van der Waals surface area contributed by atoms with E-state index in [2.05, 4.69) is 5.32 Å². The van der Waals surface area contributed by atoms with E-state index in [1.165, 1.54) is 12.1 Å². The molecular weight excluding hydrogens is 349 g/mol. The Morgan fingerprint density at radius 1 is 1.11 bits per heavy atom. The van der Waals surface area contributed by atoms with Gasteiger partial charge in [-0.25, -0.2) is 9.18 Å². The summed E-state index contributed by atoms with van der Waals surface area (Å²) in [6.45, 7) is 3.35. The van der Waals surface area contributed by atoms with Gasteiger partial charge in [0.05, 0.1) is 17.6 Å². The molecule has 2 aromatic carbocycles. The first-order chi connectivity index (χ1) is 13.1.